The van der Waals surface area contributed by atoms with Crippen LogP contribution in [0, 0.1) is 5.92 Å². The van der Waals surface area contributed by atoms with Crippen molar-refractivity contribution in [1.29, 1.82) is 0 Å². The lowest BCUT2D eigenvalue weighted by molar-refractivity contribution is -0.123. The normalized spacial score (nSPS) is 20.2. The fourth-order valence-electron chi connectivity index (χ4n) is 3.77. The number of nitrogens with zero attached hydrogens (tertiary/aromatic N) is 2. The van der Waals surface area contributed by atoms with Gasteiger partial charge < -0.3 is 10.6 Å². The minimum Gasteiger partial charge on any atom is -0.369 e. The van der Waals surface area contributed by atoms with Crippen LogP contribution in [0.25, 0.3) is 0 Å². The van der Waals surface area contributed by atoms with Crippen LogP contribution >= 0.6 is 0 Å². The van der Waals surface area contributed by atoms with Crippen LogP contribution in [0.15, 0.2) is 29.2 Å². The van der Waals surface area contributed by atoms with Crippen LogP contribution in [-0.4, -0.2) is 55.6 Å². The number of likely N-dealkylation sites (tertiary alicyclic amines) is 1. The van der Waals surface area contributed by atoms with Gasteiger partial charge in [-0.3, -0.25) is 9.59 Å². The smallest absolute Gasteiger partial charge is 0.253 e. The van der Waals surface area contributed by atoms with E-state index >= 15 is 0 Å². The Bertz CT molecular complexity index is 793. The second kappa shape index (κ2) is 8.39. The van der Waals surface area contributed by atoms with Crippen LogP contribution in [0.3, 0.4) is 0 Å². The van der Waals surface area contributed by atoms with Gasteiger partial charge >= 0.3 is 0 Å². The zero-order valence-electron chi connectivity index (χ0n) is 15.5. The van der Waals surface area contributed by atoms with Crippen molar-refractivity contribution in [3.05, 3.63) is 29.8 Å². The maximum Gasteiger partial charge on any atom is 0.253 e. The van der Waals surface area contributed by atoms with E-state index in [1.165, 1.54) is 10.4 Å². The maximum absolute atomic E-state index is 13.0. The minimum atomic E-state index is -3.59. The van der Waals surface area contributed by atoms with Crippen LogP contribution in [0.5, 0.6) is 0 Å². The van der Waals surface area contributed by atoms with E-state index in [1.54, 1.807) is 23.1 Å². The van der Waals surface area contributed by atoms with E-state index in [1.807, 2.05) is 0 Å². The van der Waals surface area contributed by atoms with E-state index in [9.17, 15) is 18.0 Å². The summed E-state index contributed by atoms with van der Waals surface area (Å²) in [5.41, 5.74) is 5.70. The number of carbonyl (C=O) groups is 2. The first-order chi connectivity index (χ1) is 12.9. The van der Waals surface area contributed by atoms with E-state index < -0.39 is 10.0 Å². The molecule has 2 amide bonds. The molecule has 1 aromatic carbocycles. The van der Waals surface area contributed by atoms with Gasteiger partial charge in [0.1, 0.15) is 0 Å². The number of benzene rings is 1. The highest BCUT2D eigenvalue weighted by atomic mass is 32.2. The summed E-state index contributed by atoms with van der Waals surface area (Å²) in [6.07, 6.45) is 4.93. The summed E-state index contributed by atoms with van der Waals surface area (Å²) in [5, 5.41) is 0. The molecular weight excluding hydrogens is 366 g/mol. The standard InChI is InChI=1S/C19H27N3O4S/c20-18(23)15-8-12-21(13-9-15)19(24)16-6-5-7-17(14-16)27(25,26)22-10-3-1-2-4-11-22/h5-7,14-15H,1-4,8-13H2,(H2,20,23). The summed E-state index contributed by atoms with van der Waals surface area (Å²) >= 11 is 0. The molecule has 2 N–H and O–H groups in total. The second-order valence-corrected chi connectivity index (χ2v) is 9.25. The van der Waals surface area contributed by atoms with Crippen molar-refractivity contribution in [2.75, 3.05) is 26.2 Å². The molecule has 2 heterocycles. The summed E-state index contributed by atoms with van der Waals surface area (Å²) in [6.45, 7) is 1.97. The molecule has 0 atom stereocenters. The summed E-state index contributed by atoms with van der Waals surface area (Å²) in [7, 11) is -3.59. The Hall–Kier alpha value is -1.93. The highest BCUT2D eigenvalue weighted by Crippen LogP contribution is 2.23. The Morgan fingerprint density at radius 2 is 1.59 bits per heavy atom. The average molecular weight is 394 g/mol. The molecular formula is C19H27N3O4S. The second-order valence-electron chi connectivity index (χ2n) is 7.31. The first-order valence-electron chi connectivity index (χ1n) is 9.58. The Labute approximate surface area is 160 Å². The van der Waals surface area contributed by atoms with Crippen molar-refractivity contribution in [2.24, 2.45) is 11.7 Å². The fraction of sp³-hybridized carbons (Fsp3) is 0.579. The first-order valence-corrected chi connectivity index (χ1v) is 11.0. The molecule has 3 rings (SSSR count). The van der Waals surface area contributed by atoms with Gasteiger partial charge in [-0.1, -0.05) is 18.9 Å². The van der Waals surface area contributed by atoms with Crippen LogP contribution in [0.1, 0.15) is 48.9 Å². The molecule has 0 aromatic heterocycles. The highest BCUT2D eigenvalue weighted by molar-refractivity contribution is 7.89. The van der Waals surface area contributed by atoms with Gasteiger partial charge in [-0.15, -0.1) is 0 Å². The summed E-state index contributed by atoms with van der Waals surface area (Å²) in [4.78, 5) is 25.9. The lowest BCUT2D eigenvalue weighted by Crippen LogP contribution is -2.41. The highest BCUT2D eigenvalue weighted by Gasteiger charge is 2.29. The number of amides is 2. The van der Waals surface area contributed by atoms with Crippen molar-refractivity contribution in [1.82, 2.24) is 9.21 Å². The van der Waals surface area contributed by atoms with Gasteiger partial charge in [-0.05, 0) is 43.9 Å². The molecule has 2 aliphatic heterocycles. The number of carbonyl (C=O) groups excluding carboxylic acids is 2. The molecule has 1 aromatic rings. The minimum absolute atomic E-state index is 0.169. The SMILES string of the molecule is NC(=O)C1CCN(C(=O)c2cccc(S(=O)(=O)N3CCCCCC3)c2)CC1. The third kappa shape index (κ3) is 4.50. The number of hydrogen-bond donors (Lipinski definition) is 1. The molecule has 0 saturated carbocycles. The lowest BCUT2D eigenvalue weighted by atomic mass is 9.96. The lowest BCUT2D eigenvalue weighted by Gasteiger charge is -2.30. The number of piperidine rings is 1. The number of primary amides is 1. The molecule has 0 radical (unpaired) electrons. The van der Waals surface area contributed by atoms with Crippen LogP contribution < -0.4 is 5.73 Å². The Morgan fingerprint density at radius 3 is 2.19 bits per heavy atom. The first kappa shape index (κ1) is 19.8. The zero-order valence-corrected chi connectivity index (χ0v) is 16.3. The summed E-state index contributed by atoms with van der Waals surface area (Å²) < 4.78 is 27.4. The van der Waals surface area contributed by atoms with E-state index in [4.69, 9.17) is 5.73 Å². The van der Waals surface area contributed by atoms with Crippen molar-refractivity contribution >= 4 is 21.8 Å². The number of rotatable bonds is 4. The summed E-state index contributed by atoms with van der Waals surface area (Å²) in [5.74, 6) is -0.720. The van der Waals surface area contributed by atoms with Gasteiger partial charge in [0.15, 0.2) is 0 Å². The Morgan fingerprint density at radius 1 is 0.963 bits per heavy atom. The van der Waals surface area contributed by atoms with Crippen molar-refractivity contribution < 1.29 is 18.0 Å². The van der Waals surface area contributed by atoms with Crippen LogP contribution in [0.4, 0.5) is 0 Å². The molecule has 0 aliphatic carbocycles. The molecule has 2 aliphatic rings. The maximum atomic E-state index is 13.0. The van der Waals surface area contributed by atoms with Gasteiger partial charge in [0.25, 0.3) is 5.91 Å². The number of hydrogen-bond acceptors (Lipinski definition) is 4. The zero-order chi connectivity index (χ0) is 19.4. The summed E-state index contributed by atoms with van der Waals surface area (Å²) in [6, 6.07) is 6.29. The quantitative estimate of drug-likeness (QED) is 0.839. The molecule has 27 heavy (non-hydrogen) atoms. The topological polar surface area (TPSA) is 101 Å². The predicted octanol–water partition coefficient (Wildman–Crippen LogP) is 1.59. The van der Waals surface area contributed by atoms with E-state index in [-0.39, 0.29) is 22.6 Å². The van der Waals surface area contributed by atoms with Gasteiger partial charge in [0.05, 0.1) is 4.90 Å². The Balaban J connectivity index is 1.75. The number of sulfonamides is 1. The van der Waals surface area contributed by atoms with E-state index in [0.29, 0.717) is 44.6 Å². The predicted molar refractivity (Wildman–Crippen MR) is 101 cm³/mol. The van der Waals surface area contributed by atoms with Crippen molar-refractivity contribution in [3.63, 3.8) is 0 Å². The molecule has 2 saturated heterocycles. The molecule has 0 unspecified atom stereocenters. The molecule has 148 valence electrons. The monoisotopic (exact) mass is 393 g/mol. The molecule has 0 bridgehead atoms. The van der Waals surface area contributed by atoms with E-state index in [0.717, 1.165) is 25.7 Å². The van der Waals surface area contributed by atoms with Gasteiger partial charge in [-0.2, -0.15) is 4.31 Å². The van der Waals surface area contributed by atoms with Crippen LogP contribution in [-0.2, 0) is 14.8 Å². The molecule has 0 spiro atoms. The van der Waals surface area contributed by atoms with Gasteiger partial charge in [0, 0.05) is 37.7 Å². The van der Waals surface area contributed by atoms with Crippen molar-refractivity contribution in [2.45, 2.75) is 43.4 Å². The fourth-order valence-corrected chi connectivity index (χ4v) is 5.33. The van der Waals surface area contributed by atoms with Gasteiger partial charge in [-0.25, -0.2) is 8.42 Å². The third-order valence-corrected chi connectivity index (χ3v) is 7.36. The largest absolute Gasteiger partial charge is 0.369 e. The van der Waals surface area contributed by atoms with Crippen molar-refractivity contribution in [3.8, 4) is 0 Å². The third-order valence-electron chi connectivity index (χ3n) is 5.47. The van der Waals surface area contributed by atoms with E-state index in [2.05, 4.69) is 0 Å². The number of nitrogens with two attached hydrogens (primary N) is 1. The molecule has 8 heteroatoms. The average Bonchev–Trinajstić information content (AvgIpc) is 2.97. The Kier molecular flexibility index (Phi) is 6.16. The van der Waals surface area contributed by atoms with Gasteiger partial charge in [0.2, 0.25) is 15.9 Å². The molecule has 2 fully saturated rings. The van der Waals surface area contributed by atoms with Crippen LogP contribution in [0.2, 0.25) is 0 Å². The molecule has 7 nitrogen and oxygen atoms in total.